The third-order valence-corrected chi connectivity index (χ3v) is 2.91. The lowest BCUT2D eigenvalue weighted by atomic mass is 10.2. The molecule has 1 aliphatic carbocycles. The minimum absolute atomic E-state index is 0.0622. The monoisotopic (exact) mass is 253 g/mol. The molecule has 0 heterocycles. The lowest BCUT2D eigenvalue weighted by Gasteiger charge is -2.09. The van der Waals surface area contributed by atoms with Crippen LogP contribution in [0, 0.1) is 6.92 Å². The van der Waals surface area contributed by atoms with Gasteiger partial charge in [-0.2, -0.15) is 0 Å². The van der Waals surface area contributed by atoms with Crippen molar-refractivity contribution in [1.82, 2.24) is 5.32 Å². The van der Waals surface area contributed by atoms with Gasteiger partial charge in [0.25, 0.3) is 0 Å². The van der Waals surface area contributed by atoms with Gasteiger partial charge >= 0.3 is 0 Å². The molecule has 17 heavy (non-hydrogen) atoms. The Morgan fingerprint density at radius 3 is 3.00 bits per heavy atom. The fourth-order valence-electron chi connectivity index (χ4n) is 1.51. The van der Waals surface area contributed by atoms with Crippen LogP contribution >= 0.6 is 11.6 Å². The maximum Gasteiger partial charge on any atom is 0.223 e. The molecule has 0 spiro atoms. The highest BCUT2D eigenvalue weighted by Crippen LogP contribution is 2.22. The summed E-state index contributed by atoms with van der Waals surface area (Å²) in [5, 5.41) is 3.57. The highest BCUT2D eigenvalue weighted by Gasteiger charge is 2.22. The molecular weight excluding hydrogens is 238 g/mol. The van der Waals surface area contributed by atoms with Crippen molar-refractivity contribution in [3.8, 4) is 5.75 Å². The molecule has 1 fully saturated rings. The van der Waals surface area contributed by atoms with Crippen LogP contribution in [0.2, 0.25) is 5.02 Å². The molecule has 2 rings (SSSR count). The maximum absolute atomic E-state index is 11.4. The number of carbonyl (C=O) groups is 1. The third-order valence-electron chi connectivity index (χ3n) is 2.68. The zero-order chi connectivity index (χ0) is 12.3. The van der Waals surface area contributed by atoms with Crippen LogP contribution < -0.4 is 10.1 Å². The Balaban J connectivity index is 1.76. The molecule has 0 saturated heterocycles. The molecule has 0 aromatic heterocycles. The van der Waals surface area contributed by atoms with E-state index in [-0.39, 0.29) is 5.91 Å². The highest BCUT2D eigenvalue weighted by atomic mass is 35.5. The highest BCUT2D eigenvalue weighted by molar-refractivity contribution is 6.30. The van der Waals surface area contributed by atoms with Gasteiger partial charge in [-0.15, -0.1) is 0 Å². The first-order valence-electron chi connectivity index (χ1n) is 5.83. The van der Waals surface area contributed by atoms with Crippen molar-refractivity contribution < 1.29 is 9.53 Å². The van der Waals surface area contributed by atoms with Gasteiger partial charge < -0.3 is 10.1 Å². The van der Waals surface area contributed by atoms with Gasteiger partial charge in [-0.05, 0) is 37.5 Å². The molecule has 1 N–H and O–H groups in total. The summed E-state index contributed by atoms with van der Waals surface area (Å²) in [4.78, 5) is 11.4. The van der Waals surface area contributed by atoms with E-state index in [9.17, 15) is 4.79 Å². The standard InChI is InChI=1S/C13H16ClNO2/c1-9-2-3-10(14)8-12(9)17-7-6-13(16)15-11-4-5-11/h2-3,8,11H,4-7H2,1H3,(H,15,16). The molecular formula is C13H16ClNO2. The lowest BCUT2D eigenvalue weighted by molar-refractivity contribution is -0.121. The summed E-state index contributed by atoms with van der Waals surface area (Å²) < 4.78 is 5.54. The van der Waals surface area contributed by atoms with Crippen molar-refractivity contribution in [2.45, 2.75) is 32.2 Å². The molecule has 0 radical (unpaired) electrons. The number of carbonyl (C=O) groups excluding carboxylic acids is 1. The van der Waals surface area contributed by atoms with Crippen molar-refractivity contribution in [2.24, 2.45) is 0 Å². The molecule has 4 heteroatoms. The number of halogens is 1. The van der Waals surface area contributed by atoms with Gasteiger partial charge in [0.05, 0.1) is 13.0 Å². The number of nitrogens with one attached hydrogen (secondary N) is 1. The second-order valence-electron chi connectivity index (χ2n) is 4.35. The average Bonchev–Trinajstić information content (AvgIpc) is 3.07. The first-order valence-corrected chi connectivity index (χ1v) is 6.21. The van der Waals surface area contributed by atoms with E-state index in [1.54, 1.807) is 6.07 Å². The number of aryl methyl sites for hydroxylation is 1. The van der Waals surface area contributed by atoms with Crippen molar-refractivity contribution >= 4 is 17.5 Å². The summed E-state index contributed by atoms with van der Waals surface area (Å²) >= 11 is 5.88. The van der Waals surface area contributed by atoms with E-state index in [1.165, 1.54) is 0 Å². The zero-order valence-electron chi connectivity index (χ0n) is 9.83. The van der Waals surface area contributed by atoms with E-state index in [0.717, 1.165) is 24.2 Å². The molecule has 92 valence electrons. The van der Waals surface area contributed by atoms with E-state index >= 15 is 0 Å². The van der Waals surface area contributed by atoms with Crippen molar-refractivity contribution in [3.05, 3.63) is 28.8 Å². The van der Waals surface area contributed by atoms with E-state index in [2.05, 4.69) is 5.32 Å². The summed E-state index contributed by atoms with van der Waals surface area (Å²) in [5.41, 5.74) is 1.03. The Kier molecular flexibility index (Phi) is 3.89. The minimum Gasteiger partial charge on any atom is -0.493 e. The van der Waals surface area contributed by atoms with Gasteiger partial charge in [0.1, 0.15) is 5.75 Å². The predicted molar refractivity (Wildman–Crippen MR) is 67.5 cm³/mol. The number of amides is 1. The smallest absolute Gasteiger partial charge is 0.223 e. The Morgan fingerprint density at radius 1 is 1.53 bits per heavy atom. The fourth-order valence-corrected chi connectivity index (χ4v) is 1.67. The van der Waals surface area contributed by atoms with Crippen LogP contribution in [-0.4, -0.2) is 18.6 Å². The summed E-state index contributed by atoms with van der Waals surface area (Å²) in [6, 6.07) is 5.91. The lowest BCUT2D eigenvalue weighted by Crippen LogP contribution is -2.26. The van der Waals surface area contributed by atoms with Crippen molar-refractivity contribution in [1.29, 1.82) is 0 Å². The quantitative estimate of drug-likeness (QED) is 0.876. The Morgan fingerprint density at radius 2 is 2.29 bits per heavy atom. The molecule has 1 aromatic carbocycles. The molecule has 3 nitrogen and oxygen atoms in total. The first kappa shape index (κ1) is 12.2. The van der Waals surface area contributed by atoms with Crippen LogP contribution in [0.5, 0.6) is 5.75 Å². The minimum atomic E-state index is 0.0622. The van der Waals surface area contributed by atoms with E-state index in [1.807, 2.05) is 19.1 Å². The van der Waals surface area contributed by atoms with Crippen molar-refractivity contribution in [2.75, 3.05) is 6.61 Å². The van der Waals surface area contributed by atoms with Gasteiger partial charge in [0.15, 0.2) is 0 Å². The summed E-state index contributed by atoms with van der Waals surface area (Å²) in [6.45, 7) is 2.34. The second kappa shape index (κ2) is 5.41. The summed E-state index contributed by atoms with van der Waals surface area (Å²) in [7, 11) is 0. The Hall–Kier alpha value is -1.22. The number of hydrogen-bond donors (Lipinski definition) is 1. The Labute approximate surface area is 106 Å². The van der Waals surface area contributed by atoms with E-state index < -0.39 is 0 Å². The van der Waals surface area contributed by atoms with Crippen LogP contribution in [-0.2, 0) is 4.79 Å². The molecule has 0 aliphatic heterocycles. The number of benzene rings is 1. The molecule has 1 amide bonds. The fraction of sp³-hybridized carbons (Fsp3) is 0.462. The van der Waals surface area contributed by atoms with Gasteiger partial charge in [-0.3, -0.25) is 4.79 Å². The van der Waals surface area contributed by atoms with Crippen LogP contribution in [0.25, 0.3) is 0 Å². The van der Waals surface area contributed by atoms with Crippen LogP contribution in [0.15, 0.2) is 18.2 Å². The van der Waals surface area contributed by atoms with Gasteiger partial charge in [-0.25, -0.2) is 0 Å². The summed E-state index contributed by atoms with van der Waals surface area (Å²) in [5.74, 6) is 0.809. The topological polar surface area (TPSA) is 38.3 Å². The Bertz CT molecular complexity index is 416. The van der Waals surface area contributed by atoms with Crippen LogP contribution in [0.1, 0.15) is 24.8 Å². The van der Waals surface area contributed by atoms with Gasteiger partial charge in [-0.1, -0.05) is 17.7 Å². The maximum atomic E-state index is 11.4. The largest absolute Gasteiger partial charge is 0.493 e. The number of ether oxygens (including phenoxy) is 1. The first-order chi connectivity index (χ1) is 8.15. The van der Waals surface area contributed by atoms with Crippen molar-refractivity contribution in [3.63, 3.8) is 0 Å². The molecule has 0 unspecified atom stereocenters. The predicted octanol–water partition coefficient (Wildman–Crippen LogP) is 2.70. The van der Waals surface area contributed by atoms with Crippen LogP contribution in [0.4, 0.5) is 0 Å². The molecule has 1 saturated carbocycles. The third kappa shape index (κ3) is 3.93. The SMILES string of the molecule is Cc1ccc(Cl)cc1OCCC(=O)NC1CC1. The summed E-state index contributed by atoms with van der Waals surface area (Å²) in [6.07, 6.45) is 2.61. The van der Waals surface area contributed by atoms with Gasteiger partial charge in [0.2, 0.25) is 5.91 Å². The van der Waals surface area contributed by atoms with Crippen LogP contribution in [0.3, 0.4) is 0 Å². The van der Waals surface area contributed by atoms with E-state index in [0.29, 0.717) is 24.1 Å². The average molecular weight is 254 g/mol. The number of hydrogen-bond acceptors (Lipinski definition) is 2. The zero-order valence-corrected chi connectivity index (χ0v) is 10.6. The molecule has 0 bridgehead atoms. The molecule has 1 aromatic rings. The molecule has 1 aliphatic rings. The molecule has 0 atom stereocenters. The number of rotatable bonds is 5. The van der Waals surface area contributed by atoms with E-state index in [4.69, 9.17) is 16.3 Å². The normalized spacial score (nSPS) is 14.5. The second-order valence-corrected chi connectivity index (χ2v) is 4.79. The van der Waals surface area contributed by atoms with Gasteiger partial charge in [0, 0.05) is 11.1 Å².